The van der Waals surface area contributed by atoms with E-state index < -0.39 is 0 Å². The number of nitrogen functional groups attached to an aromatic ring is 1. The maximum absolute atomic E-state index is 13.2. The van der Waals surface area contributed by atoms with Gasteiger partial charge < -0.3 is 15.4 Å². The minimum atomic E-state index is -0.333. The molecule has 2 N–H and O–H groups in total. The standard InChI is InChI=1S/C12H14FN5O/c13-9-2-1-3-10(8-9)18-11(14)15-12(16-18)17-4-6-19-7-5-17/h1-3,8H,4-7H2,(H2,14,15,16). The number of hydrogen-bond donors (Lipinski definition) is 1. The normalized spacial score (nSPS) is 15.7. The Morgan fingerprint density at radius 3 is 2.79 bits per heavy atom. The van der Waals surface area contributed by atoms with E-state index in [0.29, 0.717) is 24.8 Å². The van der Waals surface area contributed by atoms with Crippen LogP contribution in [0.5, 0.6) is 0 Å². The fraction of sp³-hybridized carbons (Fsp3) is 0.333. The van der Waals surface area contributed by atoms with E-state index in [-0.39, 0.29) is 11.8 Å². The lowest BCUT2D eigenvalue weighted by Crippen LogP contribution is -2.37. The molecule has 6 nitrogen and oxygen atoms in total. The minimum Gasteiger partial charge on any atom is -0.378 e. The molecular formula is C12H14FN5O. The van der Waals surface area contributed by atoms with Crippen LogP contribution >= 0.6 is 0 Å². The zero-order chi connectivity index (χ0) is 13.2. The van der Waals surface area contributed by atoms with Gasteiger partial charge in [-0.15, -0.1) is 5.10 Å². The lowest BCUT2D eigenvalue weighted by atomic mass is 10.3. The van der Waals surface area contributed by atoms with Gasteiger partial charge in [-0.1, -0.05) is 6.07 Å². The van der Waals surface area contributed by atoms with Crippen LogP contribution in [0.15, 0.2) is 24.3 Å². The molecule has 0 bridgehead atoms. The van der Waals surface area contributed by atoms with Crippen LogP contribution in [0.3, 0.4) is 0 Å². The molecular weight excluding hydrogens is 249 g/mol. The van der Waals surface area contributed by atoms with Crippen molar-refractivity contribution >= 4 is 11.9 Å². The maximum atomic E-state index is 13.2. The summed E-state index contributed by atoms with van der Waals surface area (Å²) in [6, 6.07) is 6.09. The van der Waals surface area contributed by atoms with E-state index >= 15 is 0 Å². The minimum absolute atomic E-state index is 0.243. The quantitative estimate of drug-likeness (QED) is 0.869. The van der Waals surface area contributed by atoms with Crippen molar-refractivity contribution in [2.45, 2.75) is 0 Å². The number of nitrogens with zero attached hydrogens (tertiary/aromatic N) is 4. The predicted octanol–water partition coefficient (Wildman–Crippen LogP) is 0.825. The second kappa shape index (κ2) is 4.85. The van der Waals surface area contributed by atoms with Gasteiger partial charge in [0, 0.05) is 13.1 Å². The molecule has 0 saturated carbocycles. The Morgan fingerprint density at radius 1 is 1.26 bits per heavy atom. The Kier molecular flexibility index (Phi) is 3.04. The highest BCUT2D eigenvalue weighted by Gasteiger charge is 2.17. The molecule has 3 rings (SSSR count). The topological polar surface area (TPSA) is 69.2 Å². The summed E-state index contributed by atoms with van der Waals surface area (Å²) in [4.78, 5) is 6.21. The van der Waals surface area contributed by atoms with Gasteiger partial charge >= 0.3 is 0 Å². The van der Waals surface area contributed by atoms with Crippen molar-refractivity contribution in [3.05, 3.63) is 30.1 Å². The van der Waals surface area contributed by atoms with Gasteiger partial charge in [0.2, 0.25) is 11.9 Å². The molecule has 0 aliphatic carbocycles. The van der Waals surface area contributed by atoms with Gasteiger partial charge in [-0.3, -0.25) is 0 Å². The zero-order valence-corrected chi connectivity index (χ0v) is 10.3. The number of anilines is 2. The largest absolute Gasteiger partial charge is 0.378 e. The highest BCUT2D eigenvalue weighted by atomic mass is 19.1. The van der Waals surface area contributed by atoms with E-state index in [4.69, 9.17) is 10.5 Å². The third-order valence-electron chi connectivity index (χ3n) is 2.97. The Balaban J connectivity index is 1.92. The van der Waals surface area contributed by atoms with Gasteiger partial charge in [0.15, 0.2) is 0 Å². The summed E-state index contributed by atoms with van der Waals surface area (Å²) < 4.78 is 19.9. The van der Waals surface area contributed by atoms with Crippen LogP contribution in [0, 0.1) is 5.82 Å². The Bertz CT molecular complexity index is 579. The molecule has 0 unspecified atom stereocenters. The first-order chi connectivity index (χ1) is 9.24. The lowest BCUT2D eigenvalue weighted by Gasteiger charge is -2.25. The number of ether oxygens (including phenoxy) is 1. The average Bonchev–Trinajstić information content (AvgIpc) is 2.82. The number of aromatic nitrogens is 3. The third kappa shape index (κ3) is 2.37. The first kappa shape index (κ1) is 11.9. The van der Waals surface area contributed by atoms with Gasteiger partial charge in [0.05, 0.1) is 18.9 Å². The Morgan fingerprint density at radius 2 is 2.05 bits per heavy atom. The maximum Gasteiger partial charge on any atom is 0.247 e. The van der Waals surface area contributed by atoms with E-state index in [1.807, 2.05) is 4.90 Å². The van der Waals surface area contributed by atoms with Gasteiger partial charge in [0.1, 0.15) is 5.82 Å². The van der Waals surface area contributed by atoms with Crippen molar-refractivity contribution in [3.63, 3.8) is 0 Å². The SMILES string of the molecule is Nc1nc(N2CCOCC2)nn1-c1cccc(F)c1. The molecule has 2 heterocycles. The summed E-state index contributed by atoms with van der Waals surface area (Å²) in [7, 11) is 0. The summed E-state index contributed by atoms with van der Waals surface area (Å²) in [6.07, 6.45) is 0. The van der Waals surface area contributed by atoms with Crippen LogP contribution < -0.4 is 10.6 Å². The summed E-state index contributed by atoms with van der Waals surface area (Å²) in [5.74, 6) is 0.456. The van der Waals surface area contributed by atoms with Gasteiger partial charge in [-0.05, 0) is 18.2 Å². The second-order valence-corrected chi connectivity index (χ2v) is 4.26. The molecule has 1 fully saturated rings. The lowest BCUT2D eigenvalue weighted by molar-refractivity contribution is 0.122. The summed E-state index contributed by atoms with van der Waals surface area (Å²) in [5.41, 5.74) is 6.40. The van der Waals surface area contributed by atoms with E-state index in [0.717, 1.165) is 13.1 Å². The van der Waals surface area contributed by atoms with Crippen LogP contribution in [0.2, 0.25) is 0 Å². The molecule has 2 aromatic rings. The molecule has 1 saturated heterocycles. The summed E-state index contributed by atoms with van der Waals surface area (Å²) >= 11 is 0. The molecule has 1 aliphatic heterocycles. The highest BCUT2D eigenvalue weighted by Crippen LogP contribution is 2.17. The van der Waals surface area contributed by atoms with Crippen LogP contribution in [-0.4, -0.2) is 41.1 Å². The Labute approximate surface area is 109 Å². The van der Waals surface area contributed by atoms with Gasteiger partial charge in [-0.25, -0.2) is 4.39 Å². The number of rotatable bonds is 2. The highest BCUT2D eigenvalue weighted by molar-refractivity contribution is 5.43. The summed E-state index contributed by atoms with van der Waals surface area (Å²) in [5, 5.41) is 4.33. The molecule has 0 atom stereocenters. The van der Waals surface area contributed by atoms with Gasteiger partial charge in [0.25, 0.3) is 0 Å². The van der Waals surface area contributed by atoms with Crippen molar-refractivity contribution in [1.29, 1.82) is 0 Å². The van der Waals surface area contributed by atoms with Crippen molar-refractivity contribution in [2.75, 3.05) is 36.9 Å². The fourth-order valence-electron chi connectivity index (χ4n) is 2.01. The second-order valence-electron chi connectivity index (χ2n) is 4.26. The molecule has 1 aromatic heterocycles. The van der Waals surface area contributed by atoms with Crippen molar-refractivity contribution in [2.24, 2.45) is 0 Å². The van der Waals surface area contributed by atoms with E-state index in [1.54, 1.807) is 12.1 Å². The molecule has 1 aliphatic rings. The predicted molar refractivity (Wildman–Crippen MR) is 68.8 cm³/mol. The molecule has 7 heteroatoms. The molecule has 100 valence electrons. The first-order valence-corrected chi connectivity index (χ1v) is 6.05. The smallest absolute Gasteiger partial charge is 0.247 e. The monoisotopic (exact) mass is 263 g/mol. The first-order valence-electron chi connectivity index (χ1n) is 6.05. The number of hydrogen-bond acceptors (Lipinski definition) is 5. The zero-order valence-electron chi connectivity index (χ0n) is 10.3. The fourth-order valence-corrected chi connectivity index (χ4v) is 2.01. The molecule has 19 heavy (non-hydrogen) atoms. The van der Waals surface area contributed by atoms with Gasteiger partial charge in [-0.2, -0.15) is 9.67 Å². The van der Waals surface area contributed by atoms with Crippen molar-refractivity contribution in [1.82, 2.24) is 14.8 Å². The van der Waals surface area contributed by atoms with E-state index in [2.05, 4.69) is 10.1 Å². The molecule has 0 radical (unpaired) electrons. The van der Waals surface area contributed by atoms with E-state index in [9.17, 15) is 4.39 Å². The molecule has 0 spiro atoms. The molecule has 0 amide bonds. The van der Waals surface area contributed by atoms with Crippen LogP contribution in [0.1, 0.15) is 0 Å². The van der Waals surface area contributed by atoms with Crippen LogP contribution in [-0.2, 0) is 4.74 Å². The Hall–Kier alpha value is -2.15. The van der Waals surface area contributed by atoms with Crippen LogP contribution in [0.4, 0.5) is 16.3 Å². The van der Waals surface area contributed by atoms with Crippen molar-refractivity contribution < 1.29 is 9.13 Å². The number of morpholine rings is 1. The molecule has 1 aromatic carbocycles. The average molecular weight is 263 g/mol. The number of nitrogens with two attached hydrogens (primary N) is 1. The number of benzene rings is 1. The number of halogens is 1. The van der Waals surface area contributed by atoms with Crippen molar-refractivity contribution in [3.8, 4) is 5.69 Å². The third-order valence-corrected chi connectivity index (χ3v) is 2.97. The van der Waals surface area contributed by atoms with E-state index in [1.165, 1.54) is 16.8 Å². The van der Waals surface area contributed by atoms with Crippen LogP contribution in [0.25, 0.3) is 5.69 Å². The summed E-state index contributed by atoms with van der Waals surface area (Å²) in [6.45, 7) is 2.75.